The molecule has 0 aliphatic heterocycles. The van der Waals surface area contributed by atoms with E-state index in [2.05, 4.69) is 10.4 Å². The van der Waals surface area contributed by atoms with Crippen molar-refractivity contribution < 1.29 is 9.53 Å². The van der Waals surface area contributed by atoms with Crippen LogP contribution < -0.4 is 15.8 Å². The summed E-state index contributed by atoms with van der Waals surface area (Å²) in [4.78, 5) is 12.1. The number of amides is 1. The van der Waals surface area contributed by atoms with E-state index in [1.807, 2.05) is 13.0 Å². The van der Waals surface area contributed by atoms with Gasteiger partial charge in [0.25, 0.3) is 5.91 Å². The van der Waals surface area contributed by atoms with E-state index in [0.29, 0.717) is 23.7 Å². The van der Waals surface area contributed by atoms with Crippen molar-refractivity contribution in [2.75, 3.05) is 12.8 Å². The van der Waals surface area contributed by atoms with Crippen LogP contribution in [0, 0.1) is 6.92 Å². The molecule has 2 rings (SSSR count). The van der Waals surface area contributed by atoms with Gasteiger partial charge in [-0.15, -0.1) is 0 Å². The number of nitrogens with two attached hydrogens (primary N) is 1. The molecule has 20 heavy (non-hydrogen) atoms. The highest BCUT2D eigenvalue weighted by Crippen LogP contribution is 2.19. The van der Waals surface area contributed by atoms with E-state index in [0.717, 1.165) is 11.1 Å². The summed E-state index contributed by atoms with van der Waals surface area (Å²) in [6.07, 6.45) is 1.64. The van der Waals surface area contributed by atoms with Crippen LogP contribution in [-0.2, 0) is 13.6 Å². The van der Waals surface area contributed by atoms with Crippen LogP contribution in [-0.4, -0.2) is 22.8 Å². The molecule has 0 bridgehead atoms. The fraction of sp³-hybridized carbons (Fsp3) is 0.286. The molecule has 2 aromatic rings. The molecule has 0 fully saturated rings. The molecular formula is C14H18N4O2. The standard InChI is InChI=1S/C14H18N4O2/c1-9-4-5-10(6-12(9)20-3)14(19)16-7-11-8-17-18(2)13(11)15/h4-6,8H,7,15H2,1-3H3,(H,16,19). The molecule has 1 aromatic heterocycles. The lowest BCUT2D eigenvalue weighted by molar-refractivity contribution is 0.0950. The van der Waals surface area contributed by atoms with Crippen molar-refractivity contribution in [2.45, 2.75) is 13.5 Å². The zero-order valence-corrected chi connectivity index (χ0v) is 11.8. The number of nitrogens with zero attached hydrogens (tertiary/aromatic N) is 2. The van der Waals surface area contributed by atoms with Crippen LogP contribution in [0.25, 0.3) is 0 Å². The second-order valence-corrected chi connectivity index (χ2v) is 4.55. The fourth-order valence-electron chi connectivity index (χ4n) is 1.87. The summed E-state index contributed by atoms with van der Waals surface area (Å²) in [7, 11) is 3.34. The van der Waals surface area contributed by atoms with Gasteiger partial charge in [-0.1, -0.05) is 6.07 Å². The summed E-state index contributed by atoms with van der Waals surface area (Å²) in [6, 6.07) is 5.34. The predicted octanol–water partition coefficient (Wildman–Crippen LogP) is 1.25. The second kappa shape index (κ2) is 5.64. The fourth-order valence-corrected chi connectivity index (χ4v) is 1.87. The van der Waals surface area contributed by atoms with Crippen LogP contribution >= 0.6 is 0 Å². The summed E-state index contributed by atoms with van der Waals surface area (Å²) in [6.45, 7) is 2.27. The van der Waals surface area contributed by atoms with Gasteiger partial charge in [0.1, 0.15) is 11.6 Å². The van der Waals surface area contributed by atoms with Gasteiger partial charge in [-0.05, 0) is 24.6 Å². The Morgan fingerprint density at radius 3 is 2.85 bits per heavy atom. The van der Waals surface area contributed by atoms with E-state index < -0.39 is 0 Å². The van der Waals surface area contributed by atoms with Gasteiger partial charge in [0, 0.05) is 24.7 Å². The summed E-state index contributed by atoms with van der Waals surface area (Å²) >= 11 is 0. The molecule has 1 amide bonds. The normalized spacial score (nSPS) is 10.3. The Kier molecular flexibility index (Phi) is 3.93. The molecule has 1 aromatic carbocycles. The second-order valence-electron chi connectivity index (χ2n) is 4.55. The quantitative estimate of drug-likeness (QED) is 0.879. The molecule has 0 radical (unpaired) electrons. The summed E-state index contributed by atoms with van der Waals surface area (Å²) < 4.78 is 6.77. The Balaban J connectivity index is 2.07. The van der Waals surface area contributed by atoms with E-state index in [-0.39, 0.29) is 5.91 Å². The number of nitrogens with one attached hydrogen (secondary N) is 1. The molecule has 0 spiro atoms. The zero-order chi connectivity index (χ0) is 14.7. The maximum atomic E-state index is 12.1. The maximum absolute atomic E-state index is 12.1. The Labute approximate surface area is 117 Å². The highest BCUT2D eigenvalue weighted by molar-refractivity contribution is 5.94. The molecular weight excluding hydrogens is 256 g/mol. The van der Waals surface area contributed by atoms with Crippen LogP contribution in [0.4, 0.5) is 5.82 Å². The number of benzene rings is 1. The highest BCUT2D eigenvalue weighted by atomic mass is 16.5. The minimum Gasteiger partial charge on any atom is -0.496 e. The third-order valence-corrected chi connectivity index (χ3v) is 3.17. The van der Waals surface area contributed by atoms with E-state index in [9.17, 15) is 4.79 Å². The van der Waals surface area contributed by atoms with E-state index in [1.54, 1.807) is 37.2 Å². The Morgan fingerprint density at radius 1 is 1.50 bits per heavy atom. The number of hydrogen-bond donors (Lipinski definition) is 2. The predicted molar refractivity (Wildman–Crippen MR) is 76.5 cm³/mol. The Bertz CT molecular complexity index is 634. The number of nitrogen functional groups attached to an aromatic ring is 1. The third-order valence-electron chi connectivity index (χ3n) is 3.17. The average Bonchev–Trinajstić information content (AvgIpc) is 2.76. The SMILES string of the molecule is COc1cc(C(=O)NCc2cnn(C)c2N)ccc1C. The molecule has 6 heteroatoms. The van der Waals surface area contributed by atoms with E-state index in [1.165, 1.54) is 0 Å². The summed E-state index contributed by atoms with van der Waals surface area (Å²) in [5.41, 5.74) is 8.15. The third kappa shape index (κ3) is 2.74. The molecule has 0 unspecified atom stereocenters. The van der Waals surface area contributed by atoms with Gasteiger partial charge < -0.3 is 15.8 Å². The first-order chi connectivity index (χ1) is 9.52. The highest BCUT2D eigenvalue weighted by Gasteiger charge is 2.10. The van der Waals surface area contributed by atoms with Crippen molar-refractivity contribution >= 4 is 11.7 Å². The first kappa shape index (κ1) is 13.9. The molecule has 0 saturated heterocycles. The van der Waals surface area contributed by atoms with Crippen molar-refractivity contribution in [3.05, 3.63) is 41.1 Å². The zero-order valence-electron chi connectivity index (χ0n) is 11.8. The Hall–Kier alpha value is -2.50. The molecule has 3 N–H and O–H groups in total. The number of aromatic nitrogens is 2. The smallest absolute Gasteiger partial charge is 0.251 e. The van der Waals surface area contributed by atoms with Crippen LogP contribution in [0.15, 0.2) is 24.4 Å². The number of rotatable bonds is 4. The lowest BCUT2D eigenvalue weighted by Gasteiger charge is -2.08. The maximum Gasteiger partial charge on any atom is 0.251 e. The van der Waals surface area contributed by atoms with Crippen molar-refractivity contribution in [2.24, 2.45) is 7.05 Å². The number of carbonyl (C=O) groups is 1. The summed E-state index contributed by atoms with van der Waals surface area (Å²) in [5, 5.41) is 6.84. The van der Waals surface area contributed by atoms with Gasteiger partial charge in [-0.2, -0.15) is 5.10 Å². The van der Waals surface area contributed by atoms with Crippen molar-refractivity contribution in [1.29, 1.82) is 0 Å². The average molecular weight is 274 g/mol. The molecule has 0 aliphatic carbocycles. The number of methoxy groups -OCH3 is 1. The largest absolute Gasteiger partial charge is 0.496 e. The van der Waals surface area contributed by atoms with E-state index >= 15 is 0 Å². The van der Waals surface area contributed by atoms with Crippen molar-refractivity contribution in [3.8, 4) is 5.75 Å². The number of aryl methyl sites for hydroxylation is 2. The van der Waals surface area contributed by atoms with Gasteiger partial charge in [-0.3, -0.25) is 9.48 Å². The van der Waals surface area contributed by atoms with Gasteiger partial charge in [0.05, 0.1) is 13.3 Å². The molecule has 0 atom stereocenters. The lowest BCUT2D eigenvalue weighted by atomic mass is 10.1. The number of carbonyl (C=O) groups excluding carboxylic acids is 1. The van der Waals surface area contributed by atoms with Crippen LogP contribution in [0.1, 0.15) is 21.5 Å². The molecule has 0 saturated carbocycles. The first-order valence-electron chi connectivity index (χ1n) is 6.22. The Morgan fingerprint density at radius 2 is 2.25 bits per heavy atom. The van der Waals surface area contributed by atoms with Gasteiger partial charge in [0.15, 0.2) is 0 Å². The lowest BCUT2D eigenvalue weighted by Crippen LogP contribution is -2.23. The molecule has 6 nitrogen and oxygen atoms in total. The molecule has 1 heterocycles. The van der Waals surface area contributed by atoms with E-state index in [4.69, 9.17) is 10.5 Å². The van der Waals surface area contributed by atoms with Gasteiger partial charge >= 0.3 is 0 Å². The molecule has 0 aliphatic rings. The van der Waals surface area contributed by atoms with Crippen molar-refractivity contribution in [1.82, 2.24) is 15.1 Å². The first-order valence-corrected chi connectivity index (χ1v) is 6.22. The monoisotopic (exact) mass is 274 g/mol. The van der Waals surface area contributed by atoms with Crippen molar-refractivity contribution in [3.63, 3.8) is 0 Å². The minimum atomic E-state index is -0.174. The van der Waals surface area contributed by atoms with Crippen LogP contribution in [0.5, 0.6) is 5.75 Å². The van der Waals surface area contributed by atoms with Gasteiger partial charge in [-0.25, -0.2) is 0 Å². The summed E-state index contributed by atoms with van der Waals surface area (Å²) in [5.74, 6) is 1.07. The minimum absolute atomic E-state index is 0.174. The van der Waals surface area contributed by atoms with Crippen LogP contribution in [0.2, 0.25) is 0 Å². The molecule has 106 valence electrons. The topological polar surface area (TPSA) is 82.2 Å². The number of ether oxygens (including phenoxy) is 1. The van der Waals surface area contributed by atoms with Gasteiger partial charge in [0.2, 0.25) is 0 Å². The number of anilines is 1. The number of hydrogen-bond acceptors (Lipinski definition) is 4. The van der Waals surface area contributed by atoms with Crippen LogP contribution in [0.3, 0.4) is 0 Å².